The first-order valence-electron chi connectivity index (χ1n) is 10.7. The Morgan fingerprint density at radius 3 is 2.50 bits per heavy atom. The van der Waals surface area contributed by atoms with Gasteiger partial charge in [0.1, 0.15) is 11.6 Å². The molecule has 0 saturated heterocycles. The number of hydrogen-bond acceptors (Lipinski definition) is 5. The van der Waals surface area contributed by atoms with Crippen molar-refractivity contribution in [2.45, 2.75) is 51.1 Å². The van der Waals surface area contributed by atoms with E-state index in [-0.39, 0.29) is 53.0 Å². The number of nitrogens with one attached hydrogen (secondary N) is 1. The van der Waals surface area contributed by atoms with E-state index in [0.29, 0.717) is 0 Å². The number of benzene rings is 1. The normalized spacial score (nSPS) is 17.1. The first-order chi connectivity index (χ1) is 16.1. The molecular weight excluding hydrogens is 452 g/mol. The van der Waals surface area contributed by atoms with E-state index in [2.05, 4.69) is 20.3 Å². The number of rotatable bonds is 6. The molecule has 178 valence electrons. The molecule has 0 radical (unpaired) electrons. The molecule has 34 heavy (non-hydrogen) atoms. The van der Waals surface area contributed by atoms with Crippen molar-refractivity contribution in [2.75, 3.05) is 5.32 Å². The second-order valence-corrected chi connectivity index (χ2v) is 8.41. The Kier molecular flexibility index (Phi) is 6.49. The summed E-state index contributed by atoms with van der Waals surface area (Å²) in [5.74, 6) is -5.61. The van der Waals surface area contributed by atoms with Gasteiger partial charge in [-0.15, -0.1) is 0 Å². The fourth-order valence-electron chi connectivity index (χ4n) is 3.92. The highest BCUT2D eigenvalue weighted by atomic mass is 19.3. The molecule has 10 heteroatoms. The Morgan fingerprint density at radius 1 is 1.12 bits per heavy atom. The van der Waals surface area contributed by atoms with Crippen molar-refractivity contribution in [3.05, 3.63) is 65.7 Å². The summed E-state index contributed by atoms with van der Waals surface area (Å²) in [6.07, 6.45) is 3.04. The molecule has 1 amide bonds. The van der Waals surface area contributed by atoms with Gasteiger partial charge in [-0.05, 0) is 44.5 Å². The summed E-state index contributed by atoms with van der Waals surface area (Å²) >= 11 is 0. The van der Waals surface area contributed by atoms with Gasteiger partial charge in [0.2, 0.25) is 5.92 Å². The van der Waals surface area contributed by atoms with Gasteiger partial charge in [-0.2, -0.15) is 0 Å². The lowest BCUT2D eigenvalue weighted by Gasteiger charge is -2.19. The van der Waals surface area contributed by atoms with Gasteiger partial charge in [0, 0.05) is 48.5 Å². The molecule has 6 nitrogen and oxygen atoms in total. The van der Waals surface area contributed by atoms with Gasteiger partial charge in [0.25, 0.3) is 5.91 Å². The molecule has 0 bridgehead atoms. The van der Waals surface area contributed by atoms with Crippen LogP contribution in [0.25, 0.3) is 11.1 Å². The van der Waals surface area contributed by atoms with Crippen molar-refractivity contribution in [2.24, 2.45) is 0 Å². The van der Waals surface area contributed by atoms with E-state index in [9.17, 15) is 22.4 Å². The van der Waals surface area contributed by atoms with Gasteiger partial charge < -0.3 is 10.1 Å². The van der Waals surface area contributed by atoms with Crippen molar-refractivity contribution < 1.29 is 27.1 Å². The lowest BCUT2D eigenvalue weighted by molar-refractivity contribution is 0.00768. The molecule has 1 unspecified atom stereocenters. The van der Waals surface area contributed by atoms with Crippen LogP contribution in [0.3, 0.4) is 0 Å². The summed E-state index contributed by atoms with van der Waals surface area (Å²) in [7, 11) is 0. The summed E-state index contributed by atoms with van der Waals surface area (Å²) < 4.78 is 61.8. The number of ether oxygens (including phenoxy) is 1. The minimum Gasteiger partial charge on any atom is -0.461 e. The predicted octanol–water partition coefficient (Wildman–Crippen LogP) is 5.76. The molecule has 1 N–H and O–H groups in total. The van der Waals surface area contributed by atoms with Gasteiger partial charge >= 0.3 is 6.01 Å². The SMILES string of the molecule is CC(C)Oc1ncc(C(=O)Nc2c(-c3cc(F)ccc3F)ccnc2C2CCC(F)(F)C2)cn1. The minimum atomic E-state index is -2.87. The number of halogens is 4. The Labute approximate surface area is 193 Å². The first-order valence-corrected chi connectivity index (χ1v) is 10.7. The number of carbonyl (C=O) groups excluding carboxylic acids is 1. The topological polar surface area (TPSA) is 77.0 Å². The molecule has 3 aromatic rings. The number of aromatic nitrogens is 3. The average molecular weight is 474 g/mol. The van der Waals surface area contributed by atoms with Gasteiger partial charge in [-0.25, -0.2) is 27.5 Å². The lowest BCUT2D eigenvalue weighted by Crippen LogP contribution is -2.18. The molecule has 1 aliphatic carbocycles. The number of hydrogen-bond donors (Lipinski definition) is 1. The van der Waals surface area contributed by atoms with Crippen LogP contribution >= 0.6 is 0 Å². The average Bonchev–Trinajstić information content (AvgIpc) is 3.15. The summed E-state index contributed by atoms with van der Waals surface area (Å²) in [4.78, 5) is 25.2. The first kappa shape index (κ1) is 23.6. The predicted molar refractivity (Wildman–Crippen MR) is 117 cm³/mol. The Hall–Kier alpha value is -3.56. The number of alkyl halides is 2. The maximum absolute atomic E-state index is 14.6. The summed E-state index contributed by atoms with van der Waals surface area (Å²) in [6.45, 7) is 3.60. The van der Waals surface area contributed by atoms with Crippen LogP contribution in [0.1, 0.15) is 55.1 Å². The zero-order chi connectivity index (χ0) is 24.5. The Morgan fingerprint density at radius 2 is 1.85 bits per heavy atom. The molecule has 2 aromatic heterocycles. The van der Waals surface area contributed by atoms with Crippen LogP contribution in [0.4, 0.5) is 23.2 Å². The van der Waals surface area contributed by atoms with Crippen LogP contribution in [0, 0.1) is 11.6 Å². The van der Waals surface area contributed by atoms with Crippen molar-refractivity contribution in [1.29, 1.82) is 0 Å². The maximum atomic E-state index is 14.6. The molecule has 1 saturated carbocycles. The second kappa shape index (κ2) is 9.36. The third-order valence-electron chi connectivity index (χ3n) is 5.46. The quantitative estimate of drug-likeness (QED) is 0.460. The zero-order valence-corrected chi connectivity index (χ0v) is 18.5. The number of anilines is 1. The Bertz CT molecular complexity index is 1200. The van der Waals surface area contributed by atoms with Crippen LogP contribution in [0.5, 0.6) is 6.01 Å². The highest BCUT2D eigenvalue weighted by Gasteiger charge is 2.41. The monoisotopic (exact) mass is 474 g/mol. The molecule has 0 aliphatic heterocycles. The summed E-state index contributed by atoms with van der Waals surface area (Å²) in [6, 6.07) is 4.40. The van der Waals surface area contributed by atoms with Crippen LogP contribution < -0.4 is 10.1 Å². The van der Waals surface area contributed by atoms with E-state index in [1.54, 1.807) is 13.8 Å². The van der Waals surface area contributed by atoms with E-state index in [1.807, 2.05) is 0 Å². The molecule has 4 rings (SSSR count). The molecule has 1 atom stereocenters. The van der Waals surface area contributed by atoms with Gasteiger partial charge in [-0.3, -0.25) is 9.78 Å². The Balaban J connectivity index is 1.74. The number of nitrogens with zero attached hydrogens (tertiary/aromatic N) is 3. The van der Waals surface area contributed by atoms with Crippen molar-refractivity contribution in [1.82, 2.24) is 15.0 Å². The zero-order valence-electron chi connectivity index (χ0n) is 18.5. The van der Waals surface area contributed by atoms with Crippen LogP contribution in [-0.4, -0.2) is 32.9 Å². The number of amides is 1. The van der Waals surface area contributed by atoms with Gasteiger partial charge in [0.05, 0.1) is 23.0 Å². The largest absolute Gasteiger partial charge is 0.461 e. The highest BCUT2D eigenvalue weighted by molar-refractivity contribution is 6.06. The molecule has 1 aliphatic rings. The molecule has 1 aromatic carbocycles. The minimum absolute atomic E-state index is 0.0437. The fourth-order valence-corrected chi connectivity index (χ4v) is 3.92. The smallest absolute Gasteiger partial charge is 0.316 e. The number of carbonyl (C=O) groups is 1. The van der Waals surface area contributed by atoms with Crippen LogP contribution in [0.2, 0.25) is 0 Å². The molecule has 0 spiro atoms. The van der Waals surface area contributed by atoms with Crippen molar-refractivity contribution >= 4 is 11.6 Å². The van der Waals surface area contributed by atoms with E-state index >= 15 is 0 Å². The fraction of sp³-hybridized carbons (Fsp3) is 0.333. The number of pyridine rings is 1. The van der Waals surface area contributed by atoms with E-state index < -0.39 is 35.8 Å². The van der Waals surface area contributed by atoms with E-state index in [0.717, 1.165) is 18.2 Å². The van der Waals surface area contributed by atoms with Crippen molar-refractivity contribution in [3.8, 4) is 17.1 Å². The summed E-state index contributed by atoms with van der Waals surface area (Å²) in [5.41, 5.74) is 0.301. The molecular formula is C24H22F4N4O2. The van der Waals surface area contributed by atoms with Crippen LogP contribution in [-0.2, 0) is 0 Å². The third kappa shape index (κ3) is 5.16. The summed E-state index contributed by atoms with van der Waals surface area (Å²) in [5, 5.41) is 2.65. The van der Waals surface area contributed by atoms with Crippen LogP contribution in [0.15, 0.2) is 42.9 Å². The van der Waals surface area contributed by atoms with Crippen molar-refractivity contribution in [3.63, 3.8) is 0 Å². The lowest BCUT2D eigenvalue weighted by atomic mass is 9.95. The maximum Gasteiger partial charge on any atom is 0.316 e. The standard InChI is InChI=1S/C24H22F4N4O2/c1-13(2)34-23-30-11-15(12-31-23)22(33)32-21-17(18-9-16(25)3-4-19(18)26)6-8-29-20(21)14-5-7-24(27,28)10-14/h3-4,6,8-9,11-14H,5,7,10H2,1-2H3,(H,32,33). The highest BCUT2D eigenvalue weighted by Crippen LogP contribution is 2.47. The van der Waals surface area contributed by atoms with Gasteiger partial charge in [-0.1, -0.05) is 0 Å². The van der Waals surface area contributed by atoms with Gasteiger partial charge in [0.15, 0.2) is 0 Å². The third-order valence-corrected chi connectivity index (χ3v) is 5.46. The van der Waals surface area contributed by atoms with E-state index in [1.165, 1.54) is 24.7 Å². The van der Waals surface area contributed by atoms with E-state index in [4.69, 9.17) is 4.74 Å². The molecule has 2 heterocycles. The second-order valence-electron chi connectivity index (χ2n) is 8.41. The molecule has 1 fully saturated rings.